The van der Waals surface area contributed by atoms with E-state index in [-0.39, 0.29) is 24.2 Å². The number of hydrogen-bond donors (Lipinski definition) is 2. The maximum absolute atomic E-state index is 13.6. The van der Waals surface area contributed by atoms with E-state index in [0.717, 1.165) is 55.7 Å². The first-order valence-corrected chi connectivity index (χ1v) is 13.1. The van der Waals surface area contributed by atoms with Crippen LogP contribution in [0.3, 0.4) is 0 Å². The fourth-order valence-electron chi connectivity index (χ4n) is 4.36. The molecular weight excluding hydrogens is 495 g/mol. The van der Waals surface area contributed by atoms with Gasteiger partial charge in [-0.15, -0.1) is 0 Å². The number of piperazine rings is 1. The number of aromatic nitrogens is 2. The van der Waals surface area contributed by atoms with Crippen LogP contribution in [-0.4, -0.2) is 79.0 Å². The molecule has 1 fully saturated rings. The quantitative estimate of drug-likeness (QED) is 0.444. The van der Waals surface area contributed by atoms with Crippen LogP contribution in [0.25, 0.3) is 0 Å². The van der Waals surface area contributed by atoms with E-state index in [4.69, 9.17) is 0 Å². The molecule has 11 heteroatoms. The largest absolute Gasteiger partial charge is 0.421 e. The number of rotatable bonds is 9. The van der Waals surface area contributed by atoms with Gasteiger partial charge in [-0.25, -0.2) is 4.98 Å². The molecule has 1 aliphatic rings. The number of carbonyl (C=O) groups is 1. The summed E-state index contributed by atoms with van der Waals surface area (Å²) in [5.41, 5.74) is 1.48. The highest BCUT2D eigenvalue weighted by Crippen LogP contribution is 2.34. The molecule has 1 saturated heterocycles. The van der Waals surface area contributed by atoms with Crippen molar-refractivity contribution in [2.24, 2.45) is 5.41 Å². The summed E-state index contributed by atoms with van der Waals surface area (Å²) < 4.78 is 40.9. The fourth-order valence-corrected chi connectivity index (χ4v) is 4.36. The lowest BCUT2D eigenvalue weighted by molar-refractivity contribution is -0.138. The second-order valence-corrected chi connectivity index (χ2v) is 10.8. The second-order valence-electron chi connectivity index (χ2n) is 10.8. The Morgan fingerprint density at radius 3 is 2.42 bits per heavy atom. The van der Waals surface area contributed by atoms with Crippen LogP contribution in [0.15, 0.2) is 24.4 Å². The molecule has 0 radical (unpaired) electrons. The molecule has 2 heterocycles. The normalized spacial score (nSPS) is 14.9. The maximum Gasteiger partial charge on any atom is 0.421 e. The Balaban J connectivity index is 1.72. The van der Waals surface area contributed by atoms with Crippen molar-refractivity contribution in [1.29, 1.82) is 0 Å². The minimum atomic E-state index is -4.60. The number of nitrogens with one attached hydrogen (secondary N) is 2. The van der Waals surface area contributed by atoms with E-state index in [1.165, 1.54) is 0 Å². The van der Waals surface area contributed by atoms with Gasteiger partial charge in [0.1, 0.15) is 11.4 Å². The van der Waals surface area contributed by atoms with Gasteiger partial charge in [-0.3, -0.25) is 4.79 Å². The molecule has 38 heavy (non-hydrogen) atoms. The highest BCUT2D eigenvalue weighted by molar-refractivity contribution is 5.81. The van der Waals surface area contributed by atoms with Crippen LogP contribution in [0.1, 0.15) is 45.2 Å². The number of amides is 1. The zero-order valence-electron chi connectivity index (χ0n) is 23.2. The zero-order chi connectivity index (χ0) is 28.1. The minimum Gasteiger partial charge on any atom is -0.369 e. The van der Waals surface area contributed by atoms with Crippen LogP contribution >= 0.6 is 0 Å². The molecule has 1 aliphatic heterocycles. The van der Waals surface area contributed by atoms with Crippen LogP contribution in [0, 0.1) is 5.41 Å². The van der Waals surface area contributed by atoms with E-state index < -0.39 is 17.2 Å². The van der Waals surface area contributed by atoms with Gasteiger partial charge in [0, 0.05) is 69.3 Å². The minimum absolute atomic E-state index is 0.0210. The Hall–Kier alpha value is -3.08. The molecule has 0 spiro atoms. The first-order valence-electron chi connectivity index (χ1n) is 13.1. The third kappa shape index (κ3) is 7.72. The fraction of sp³-hybridized carbons (Fsp3) is 0.593. The van der Waals surface area contributed by atoms with E-state index >= 15 is 0 Å². The lowest BCUT2D eigenvalue weighted by atomic mass is 9.95. The molecule has 3 rings (SSSR count). The number of halogens is 3. The number of hydrogen-bond acceptors (Lipinski definition) is 7. The molecule has 0 unspecified atom stereocenters. The summed E-state index contributed by atoms with van der Waals surface area (Å²) in [5, 5.41) is 5.91. The van der Waals surface area contributed by atoms with E-state index in [1.54, 1.807) is 11.9 Å². The lowest BCUT2D eigenvalue weighted by Crippen LogP contribution is -2.44. The number of benzene rings is 1. The Morgan fingerprint density at radius 1 is 1.13 bits per heavy atom. The summed E-state index contributed by atoms with van der Waals surface area (Å²) >= 11 is 0. The molecule has 0 aliphatic carbocycles. The van der Waals surface area contributed by atoms with Crippen molar-refractivity contribution in [3.63, 3.8) is 0 Å². The monoisotopic (exact) mass is 535 g/mol. The molecule has 2 N–H and O–H groups in total. The standard InChI is InChI=1S/C27H40F3N7O/c1-7-19-17-20(37-15-13-35(5)14-16-37)9-10-22(19)33-25-32-18-21(27(28,29)30)23(34-25)31-11-8-12-36(6)24(38)26(2,3)4/h9-10,17-18H,7-8,11-16H2,1-6H3,(H2,31,32,33,34). The van der Waals surface area contributed by atoms with Crippen molar-refractivity contribution in [2.45, 2.75) is 46.7 Å². The summed E-state index contributed by atoms with van der Waals surface area (Å²) in [5.74, 6) is -0.221. The second kappa shape index (κ2) is 12.2. The maximum atomic E-state index is 13.6. The van der Waals surface area contributed by atoms with E-state index in [0.29, 0.717) is 13.0 Å². The zero-order valence-corrected chi connectivity index (χ0v) is 23.2. The van der Waals surface area contributed by atoms with Crippen LogP contribution in [0.2, 0.25) is 0 Å². The number of alkyl halides is 3. The Labute approximate surface area is 223 Å². The average Bonchev–Trinajstić information content (AvgIpc) is 2.85. The van der Waals surface area contributed by atoms with Crippen molar-refractivity contribution in [3.8, 4) is 0 Å². The molecule has 210 valence electrons. The molecule has 1 aromatic carbocycles. The van der Waals surface area contributed by atoms with Crippen molar-refractivity contribution in [3.05, 3.63) is 35.5 Å². The van der Waals surface area contributed by atoms with E-state index in [1.807, 2.05) is 39.8 Å². The van der Waals surface area contributed by atoms with Gasteiger partial charge in [0.25, 0.3) is 0 Å². The topological polar surface area (TPSA) is 76.6 Å². The summed E-state index contributed by atoms with van der Waals surface area (Å²) in [6.45, 7) is 12.1. The first-order chi connectivity index (χ1) is 17.8. The van der Waals surface area contributed by atoms with Crippen molar-refractivity contribution < 1.29 is 18.0 Å². The molecular formula is C27H40F3N7O. The number of nitrogens with zero attached hydrogens (tertiary/aromatic N) is 5. The Bertz CT molecular complexity index is 1090. The smallest absolute Gasteiger partial charge is 0.369 e. The van der Waals surface area contributed by atoms with Crippen molar-refractivity contribution in [1.82, 2.24) is 19.8 Å². The third-order valence-corrected chi connectivity index (χ3v) is 6.63. The van der Waals surface area contributed by atoms with Crippen LogP contribution in [-0.2, 0) is 17.4 Å². The average molecular weight is 536 g/mol. The molecule has 0 saturated carbocycles. The molecule has 1 aromatic heterocycles. The van der Waals surface area contributed by atoms with Crippen molar-refractivity contribution in [2.75, 3.05) is 68.9 Å². The highest BCUT2D eigenvalue weighted by Gasteiger charge is 2.35. The lowest BCUT2D eigenvalue weighted by Gasteiger charge is -2.34. The van der Waals surface area contributed by atoms with E-state index in [9.17, 15) is 18.0 Å². The number of likely N-dealkylation sites (N-methyl/N-ethyl adjacent to an activating group) is 1. The number of anilines is 4. The molecule has 0 bridgehead atoms. The highest BCUT2D eigenvalue weighted by atomic mass is 19.4. The number of carbonyl (C=O) groups excluding carboxylic acids is 1. The first kappa shape index (κ1) is 29.5. The molecule has 0 atom stereocenters. The summed E-state index contributed by atoms with van der Waals surface area (Å²) in [6.07, 6.45) is -2.58. The predicted molar refractivity (Wildman–Crippen MR) is 146 cm³/mol. The molecule has 2 aromatic rings. The van der Waals surface area contributed by atoms with E-state index in [2.05, 4.69) is 43.5 Å². The summed E-state index contributed by atoms with van der Waals surface area (Å²) in [6, 6.07) is 6.07. The molecule has 1 amide bonds. The Kier molecular flexibility index (Phi) is 9.45. The predicted octanol–water partition coefficient (Wildman–Crippen LogP) is 4.86. The summed E-state index contributed by atoms with van der Waals surface area (Å²) in [4.78, 5) is 26.7. The van der Waals surface area contributed by atoms with Gasteiger partial charge in [-0.1, -0.05) is 27.7 Å². The van der Waals surface area contributed by atoms with Crippen LogP contribution in [0.4, 0.5) is 36.3 Å². The van der Waals surface area contributed by atoms with Gasteiger partial charge < -0.3 is 25.3 Å². The van der Waals surface area contributed by atoms with Crippen LogP contribution < -0.4 is 15.5 Å². The summed E-state index contributed by atoms with van der Waals surface area (Å²) in [7, 11) is 3.81. The van der Waals surface area contributed by atoms with Gasteiger partial charge in [0.05, 0.1) is 0 Å². The van der Waals surface area contributed by atoms with Gasteiger partial charge in [0.15, 0.2) is 0 Å². The van der Waals surface area contributed by atoms with Gasteiger partial charge in [0.2, 0.25) is 11.9 Å². The third-order valence-electron chi connectivity index (χ3n) is 6.63. The number of aryl methyl sites for hydroxylation is 1. The SMILES string of the molecule is CCc1cc(N2CCN(C)CC2)ccc1Nc1ncc(C(F)(F)F)c(NCCCN(C)C(=O)C(C)(C)C)n1. The van der Waals surface area contributed by atoms with Gasteiger partial charge in [-0.2, -0.15) is 18.2 Å². The van der Waals surface area contributed by atoms with Crippen LogP contribution in [0.5, 0.6) is 0 Å². The Morgan fingerprint density at radius 2 is 1.82 bits per heavy atom. The van der Waals surface area contributed by atoms with Crippen molar-refractivity contribution >= 4 is 29.0 Å². The van der Waals surface area contributed by atoms with Gasteiger partial charge >= 0.3 is 6.18 Å². The van der Waals surface area contributed by atoms with Gasteiger partial charge in [-0.05, 0) is 43.7 Å². The molecule has 8 nitrogen and oxygen atoms in total.